The molecule has 1 saturated carbocycles. The lowest BCUT2D eigenvalue weighted by atomic mass is 9.83. The topological polar surface area (TPSA) is 25.2 Å². The van der Waals surface area contributed by atoms with Crippen LogP contribution in [0.1, 0.15) is 57.3 Å². The number of furan rings is 1. The molecule has 2 nitrogen and oxygen atoms in total. The van der Waals surface area contributed by atoms with Crippen LogP contribution >= 0.6 is 15.9 Å². The summed E-state index contributed by atoms with van der Waals surface area (Å²) < 4.78 is 6.59. The Balaban J connectivity index is 2.06. The van der Waals surface area contributed by atoms with E-state index in [9.17, 15) is 0 Å². The minimum atomic E-state index is 0.404. The molecule has 0 saturated heterocycles. The van der Waals surface area contributed by atoms with Crippen LogP contribution in [0.15, 0.2) is 21.2 Å². The quantitative estimate of drug-likeness (QED) is 0.855. The Kier molecular flexibility index (Phi) is 5.11. The molecular weight excluding hydrogens is 278 g/mol. The molecule has 1 N–H and O–H groups in total. The predicted molar refractivity (Wildman–Crippen MR) is 74.0 cm³/mol. The highest BCUT2D eigenvalue weighted by atomic mass is 79.9. The second-order valence-corrected chi connectivity index (χ2v) is 5.75. The van der Waals surface area contributed by atoms with Gasteiger partial charge in [0.1, 0.15) is 5.76 Å². The Morgan fingerprint density at radius 1 is 1.35 bits per heavy atom. The van der Waals surface area contributed by atoms with Gasteiger partial charge in [-0.15, -0.1) is 0 Å². The molecule has 1 fully saturated rings. The Morgan fingerprint density at radius 3 is 2.71 bits per heavy atom. The van der Waals surface area contributed by atoms with Gasteiger partial charge in [-0.2, -0.15) is 0 Å². The predicted octanol–water partition coefficient (Wildman–Crippen LogP) is 4.66. The van der Waals surface area contributed by atoms with Crippen LogP contribution < -0.4 is 5.32 Å². The Labute approximate surface area is 112 Å². The summed E-state index contributed by atoms with van der Waals surface area (Å²) >= 11 is 3.40. The molecule has 0 amide bonds. The van der Waals surface area contributed by atoms with Gasteiger partial charge in [0.2, 0.25) is 0 Å². The first-order valence-corrected chi connectivity index (χ1v) is 7.59. The van der Waals surface area contributed by atoms with Gasteiger partial charge in [0, 0.05) is 0 Å². The van der Waals surface area contributed by atoms with Crippen LogP contribution in [0.3, 0.4) is 0 Å². The zero-order valence-electron chi connectivity index (χ0n) is 10.5. The molecule has 0 aliphatic heterocycles. The molecule has 3 heteroatoms. The fourth-order valence-corrected chi connectivity index (χ4v) is 3.08. The van der Waals surface area contributed by atoms with Crippen molar-refractivity contribution in [1.82, 2.24) is 5.32 Å². The summed E-state index contributed by atoms with van der Waals surface area (Å²) in [5, 5.41) is 3.65. The number of nitrogens with one attached hydrogen (secondary N) is 1. The molecule has 1 heterocycles. The van der Waals surface area contributed by atoms with Crippen LogP contribution in [-0.2, 0) is 0 Å². The van der Waals surface area contributed by atoms with Crippen LogP contribution in [0.25, 0.3) is 0 Å². The van der Waals surface area contributed by atoms with E-state index in [4.69, 9.17) is 4.42 Å². The molecule has 2 rings (SSSR count). The van der Waals surface area contributed by atoms with Gasteiger partial charge in [-0.25, -0.2) is 0 Å². The van der Waals surface area contributed by atoms with Crippen molar-refractivity contribution in [3.63, 3.8) is 0 Å². The molecule has 1 unspecified atom stereocenters. The van der Waals surface area contributed by atoms with Crippen molar-refractivity contribution >= 4 is 15.9 Å². The lowest BCUT2D eigenvalue weighted by molar-refractivity contribution is 0.242. The Hall–Kier alpha value is -0.280. The summed E-state index contributed by atoms with van der Waals surface area (Å²) in [7, 11) is 0. The number of halogens is 1. The smallest absolute Gasteiger partial charge is 0.169 e. The number of hydrogen-bond donors (Lipinski definition) is 1. The van der Waals surface area contributed by atoms with Gasteiger partial charge < -0.3 is 9.73 Å². The maximum atomic E-state index is 5.75. The minimum absolute atomic E-state index is 0.404. The molecule has 0 radical (unpaired) electrons. The molecular formula is C14H22BrNO. The highest BCUT2D eigenvalue weighted by molar-refractivity contribution is 9.10. The van der Waals surface area contributed by atoms with Crippen LogP contribution in [0, 0.1) is 5.92 Å². The summed E-state index contributed by atoms with van der Waals surface area (Å²) in [6, 6.07) is 4.51. The fraction of sp³-hybridized carbons (Fsp3) is 0.714. The Morgan fingerprint density at radius 2 is 2.12 bits per heavy atom. The van der Waals surface area contributed by atoms with E-state index in [-0.39, 0.29) is 0 Å². The Bertz CT molecular complexity index is 331. The van der Waals surface area contributed by atoms with E-state index in [1.54, 1.807) is 0 Å². The third-order valence-corrected chi connectivity index (χ3v) is 4.06. The minimum Gasteiger partial charge on any atom is -0.453 e. The first kappa shape index (κ1) is 13.2. The first-order valence-electron chi connectivity index (χ1n) is 6.80. The second kappa shape index (κ2) is 6.60. The second-order valence-electron chi connectivity index (χ2n) is 4.97. The molecule has 1 aromatic rings. The molecule has 1 atom stereocenters. The zero-order valence-corrected chi connectivity index (χ0v) is 12.1. The lowest BCUT2D eigenvalue weighted by Crippen LogP contribution is -2.30. The lowest BCUT2D eigenvalue weighted by Gasteiger charge is -2.29. The summed E-state index contributed by atoms with van der Waals surface area (Å²) in [5.41, 5.74) is 0. The molecule has 96 valence electrons. The normalized spacial score (nSPS) is 19.4. The third-order valence-electron chi connectivity index (χ3n) is 3.64. The van der Waals surface area contributed by atoms with Crippen molar-refractivity contribution in [1.29, 1.82) is 0 Å². The zero-order chi connectivity index (χ0) is 12.1. The van der Waals surface area contributed by atoms with E-state index >= 15 is 0 Å². The largest absolute Gasteiger partial charge is 0.453 e. The van der Waals surface area contributed by atoms with Crippen LogP contribution in [0.2, 0.25) is 0 Å². The van der Waals surface area contributed by atoms with E-state index in [0.717, 1.165) is 22.9 Å². The van der Waals surface area contributed by atoms with Gasteiger partial charge in [0.05, 0.1) is 6.04 Å². The van der Waals surface area contributed by atoms with Gasteiger partial charge in [0.15, 0.2) is 4.67 Å². The van der Waals surface area contributed by atoms with E-state index in [1.165, 1.54) is 38.5 Å². The molecule has 1 aliphatic carbocycles. The van der Waals surface area contributed by atoms with Gasteiger partial charge in [-0.3, -0.25) is 0 Å². The van der Waals surface area contributed by atoms with Crippen LogP contribution in [-0.4, -0.2) is 6.54 Å². The summed E-state index contributed by atoms with van der Waals surface area (Å²) in [6.07, 6.45) is 7.98. The van der Waals surface area contributed by atoms with E-state index in [0.29, 0.717) is 6.04 Å². The molecule has 0 bridgehead atoms. The molecule has 0 aromatic carbocycles. The van der Waals surface area contributed by atoms with Gasteiger partial charge in [-0.05, 0) is 59.8 Å². The van der Waals surface area contributed by atoms with E-state index < -0.39 is 0 Å². The average molecular weight is 300 g/mol. The van der Waals surface area contributed by atoms with Crippen molar-refractivity contribution in [2.75, 3.05) is 6.54 Å². The monoisotopic (exact) mass is 299 g/mol. The van der Waals surface area contributed by atoms with Gasteiger partial charge in [0.25, 0.3) is 0 Å². The van der Waals surface area contributed by atoms with E-state index in [1.807, 2.05) is 6.07 Å². The molecule has 17 heavy (non-hydrogen) atoms. The highest BCUT2D eigenvalue weighted by Gasteiger charge is 2.26. The standard InChI is InChI=1S/C14H22BrNO/c1-2-10-16-14(11-6-4-3-5-7-11)12-8-9-13(15)17-12/h8-9,11,14,16H,2-7,10H2,1H3. The fourth-order valence-electron chi connectivity index (χ4n) is 2.76. The number of rotatable bonds is 5. The highest BCUT2D eigenvalue weighted by Crippen LogP contribution is 2.35. The third kappa shape index (κ3) is 3.59. The van der Waals surface area contributed by atoms with Gasteiger partial charge >= 0.3 is 0 Å². The molecule has 0 spiro atoms. The maximum absolute atomic E-state index is 5.75. The SMILES string of the molecule is CCCNC(c1ccc(Br)o1)C1CCCCC1. The average Bonchev–Trinajstić information content (AvgIpc) is 2.78. The maximum Gasteiger partial charge on any atom is 0.169 e. The molecule has 1 aromatic heterocycles. The summed E-state index contributed by atoms with van der Waals surface area (Å²) in [4.78, 5) is 0. The van der Waals surface area contributed by atoms with Crippen molar-refractivity contribution in [3.05, 3.63) is 22.6 Å². The van der Waals surface area contributed by atoms with Crippen LogP contribution in [0.4, 0.5) is 0 Å². The van der Waals surface area contributed by atoms with Crippen molar-refractivity contribution in [2.45, 2.75) is 51.5 Å². The summed E-state index contributed by atoms with van der Waals surface area (Å²) in [6.45, 7) is 3.28. The van der Waals surface area contributed by atoms with Crippen molar-refractivity contribution in [2.24, 2.45) is 5.92 Å². The summed E-state index contributed by atoms with van der Waals surface area (Å²) in [5.74, 6) is 1.84. The van der Waals surface area contributed by atoms with Crippen molar-refractivity contribution in [3.8, 4) is 0 Å². The van der Waals surface area contributed by atoms with Crippen molar-refractivity contribution < 1.29 is 4.42 Å². The van der Waals surface area contributed by atoms with Gasteiger partial charge in [-0.1, -0.05) is 26.2 Å². The van der Waals surface area contributed by atoms with Crippen LogP contribution in [0.5, 0.6) is 0 Å². The number of hydrogen-bond acceptors (Lipinski definition) is 2. The first-order chi connectivity index (χ1) is 8.31. The van der Waals surface area contributed by atoms with E-state index in [2.05, 4.69) is 34.2 Å². The molecule has 1 aliphatic rings.